The molecule has 1 aromatic carbocycles. The number of halogens is 1. The van der Waals surface area contributed by atoms with E-state index in [2.05, 4.69) is 27.9 Å². The van der Waals surface area contributed by atoms with Crippen LogP contribution in [0, 0.1) is 0 Å². The van der Waals surface area contributed by atoms with E-state index >= 15 is 0 Å². The number of carbonyl (C=O) groups excluding carboxylic acids is 1. The molecular weight excluding hydrogens is 391 g/mol. The molecule has 1 amide bonds. The van der Waals surface area contributed by atoms with Crippen molar-refractivity contribution in [3.05, 3.63) is 29.8 Å². The van der Waals surface area contributed by atoms with Gasteiger partial charge in [-0.1, -0.05) is 31.9 Å². The van der Waals surface area contributed by atoms with Crippen molar-refractivity contribution in [2.24, 2.45) is 4.99 Å². The molecule has 0 atom stereocenters. The lowest BCUT2D eigenvalue weighted by Crippen LogP contribution is -2.37. The second-order valence-electron chi connectivity index (χ2n) is 4.94. The Morgan fingerprint density at radius 2 is 2.00 bits per heavy atom. The van der Waals surface area contributed by atoms with E-state index in [-0.39, 0.29) is 29.9 Å². The van der Waals surface area contributed by atoms with Crippen LogP contribution >= 0.6 is 24.0 Å². The number of amides is 1. The number of nitrogens with zero attached hydrogens (tertiary/aromatic N) is 1. The van der Waals surface area contributed by atoms with Crippen molar-refractivity contribution in [2.45, 2.75) is 39.7 Å². The Hall–Kier alpha value is -1.31. The summed E-state index contributed by atoms with van der Waals surface area (Å²) >= 11 is 0. The highest BCUT2D eigenvalue weighted by atomic mass is 127. The summed E-state index contributed by atoms with van der Waals surface area (Å²) in [6, 6.07) is 7.78. The monoisotopic (exact) mass is 418 g/mol. The quantitative estimate of drug-likeness (QED) is 0.276. The van der Waals surface area contributed by atoms with Gasteiger partial charge >= 0.3 is 0 Å². The summed E-state index contributed by atoms with van der Waals surface area (Å²) in [6.45, 7) is 5.29. The fraction of sp³-hybridized carbons (Fsp3) is 0.500. The zero-order valence-corrected chi connectivity index (χ0v) is 15.9. The van der Waals surface area contributed by atoms with Crippen molar-refractivity contribution >= 4 is 41.5 Å². The predicted molar refractivity (Wildman–Crippen MR) is 104 cm³/mol. The highest BCUT2D eigenvalue weighted by molar-refractivity contribution is 14.0. The molecule has 0 aliphatic heterocycles. The lowest BCUT2D eigenvalue weighted by Gasteiger charge is -2.12. The first-order valence-electron chi connectivity index (χ1n) is 7.46. The van der Waals surface area contributed by atoms with Crippen LogP contribution in [0.5, 0.6) is 0 Å². The van der Waals surface area contributed by atoms with Gasteiger partial charge in [0.05, 0.1) is 0 Å². The molecule has 0 fully saturated rings. The first-order valence-corrected chi connectivity index (χ1v) is 7.46. The second kappa shape index (κ2) is 12.3. The van der Waals surface area contributed by atoms with Crippen molar-refractivity contribution in [3.63, 3.8) is 0 Å². The number of benzene rings is 1. The van der Waals surface area contributed by atoms with Crippen molar-refractivity contribution in [1.29, 1.82) is 0 Å². The molecule has 0 unspecified atom stereocenters. The van der Waals surface area contributed by atoms with E-state index in [1.807, 2.05) is 24.3 Å². The molecule has 0 aliphatic carbocycles. The Morgan fingerprint density at radius 3 is 2.64 bits per heavy atom. The normalized spacial score (nSPS) is 10.6. The largest absolute Gasteiger partial charge is 0.356 e. The Bertz CT molecular complexity index is 477. The van der Waals surface area contributed by atoms with Crippen molar-refractivity contribution in [3.8, 4) is 0 Å². The van der Waals surface area contributed by atoms with Crippen LogP contribution in [0.15, 0.2) is 29.3 Å². The molecule has 0 spiro atoms. The van der Waals surface area contributed by atoms with Crippen LogP contribution in [0.25, 0.3) is 0 Å². The first-order chi connectivity index (χ1) is 10.2. The standard InChI is InChI=1S/C16H26N4O.HI/c1-4-5-6-10-18-16(17-3)19-12-14-8-7-9-15(11-14)20-13(2)21;/h7-9,11H,4-6,10,12H2,1-3H3,(H,20,21)(H2,17,18,19);1H. The molecule has 1 rings (SSSR count). The topological polar surface area (TPSA) is 65.5 Å². The highest BCUT2D eigenvalue weighted by Crippen LogP contribution is 2.10. The summed E-state index contributed by atoms with van der Waals surface area (Å²) in [5, 5.41) is 9.34. The smallest absolute Gasteiger partial charge is 0.221 e. The molecular formula is C16H27IN4O. The maximum atomic E-state index is 11.1. The molecule has 0 aromatic heterocycles. The van der Waals surface area contributed by atoms with Crippen LogP contribution in [-0.4, -0.2) is 25.5 Å². The van der Waals surface area contributed by atoms with Gasteiger partial charge in [-0.15, -0.1) is 24.0 Å². The molecule has 0 bridgehead atoms. The summed E-state index contributed by atoms with van der Waals surface area (Å²) in [5.41, 5.74) is 1.91. The molecule has 124 valence electrons. The van der Waals surface area contributed by atoms with Gasteiger partial charge < -0.3 is 16.0 Å². The van der Waals surface area contributed by atoms with E-state index in [4.69, 9.17) is 0 Å². The molecule has 0 aliphatic rings. The number of anilines is 1. The minimum Gasteiger partial charge on any atom is -0.356 e. The van der Waals surface area contributed by atoms with Crippen molar-refractivity contribution in [1.82, 2.24) is 10.6 Å². The summed E-state index contributed by atoms with van der Waals surface area (Å²) in [6.07, 6.45) is 3.58. The second-order valence-corrected chi connectivity index (χ2v) is 4.94. The number of rotatable bonds is 7. The zero-order valence-electron chi connectivity index (χ0n) is 13.6. The molecule has 5 nitrogen and oxygen atoms in total. The number of carbonyl (C=O) groups is 1. The SMILES string of the molecule is CCCCCNC(=NC)NCc1cccc(NC(C)=O)c1.I. The lowest BCUT2D eigenvalue weighted by molar-refractivity contribution is -0.114. The molecule has 22 heavy (non-hydrogen) atoms. The fourth-order valence-corrected chi connectivity index (χ4v) is 1.95. The van der Waals surface area contributed by atoms with Gasteiger partial charge in [0.25, 0.3) is 0 Å². The van der Waals surface area contributed by atoms with Crippen molar-refractivity contribution in [2.75, 3.05) is 18.9 Å². The third kappa shape index (κ3) is 8.86. The summed E-state index contributed by atoms with van der Waals surface area (Å²) in [5.74, 6) is 0.740. The van der Waals surface area contributed by atoms with Crippen molar-refractivity contribution < 1.29 is 4.79 Å². The van der Waals surface area contributed by atoms with Crippen LogP contribution < -0.4 is 16.0 Å². The Balaban J connectivity index is 0.00000441. The van der Waals surface area contributed by atoms with E-state index in [1.54, 1.807) is 7.05 Å². The summed E-state index contributed by atoms with van der Waals surface area (Å²) in [7, 11) is 1.77. The zero-order chi connectivity index (χ0) is 15.5. The van der Waals surface area contributed by atoms with Gasteiger partial charge in [-0.25, -0.2) is 0 Å². The van der Waals surface area contributed by atoms with E-state index in [9.17, 15) is 4.79 Å². The average Bonchev–Trinajstić information content (AvgIpc) is 2.46. The van der Waals surface area contributed by atoms with Gasteiger partial charge in [-0.2, -0.15) is 0 Å². The first kappa shape index (κ1) is 20.7. The maximum Gasteiger partial charge on any atom is 0.221 e. The Labute approximate surface area is 150 Å². The number of unbranched alkanes of at least 4 members (excludes halogenated alkanes) is 2. The highest BCUT2D eigenvalue weighted by Gasteiger charge is 2.00. The molecule has 1 aromatic rings. The van der Waals surface area contributed by atoms with Gasteiger partial charge in [0, 0.05) is 32.7 Å². The summed E-state index contributed by atoms with van der Waals surface area (Å²) in [4.78, 5) is 15.2. The maximum absolute atomic E-state index is 11.1. The average molecular weight is 418 g/mol. The minimum absolute atomic E-state index is 0. The van der Waals surface area contributed by atoms with E-state index in [0.29, 0.717) is 6.54 Å². The molecule has 0 saturated heterocycles. The number of aliphatic imine (C=N–C) groups is 1. The van der Waals surface area contributed by atoms with E-state index in [1.165, 1.54) is 19.8 Å². The number of guanidine groups is 1. The van der Waals surface area contributed by atoms with Crippen LogP contribution in [-0.2, 0) is 11.3 Å². The number of nitrogens with one attached hydrogen (secondary N) is 3. The van der Waals surface area contributed by atoms with Crippen LogP contribution in [0.3, 0.4) is 0 Å². The third-order valence-electron chi connectivity index (χ3n) is 3.00. The third-order valence-corrected chi connectivity index (χ3v) is 3.00. The van der Waals surface area contributed by atoms with Gasteiger partial charge in [0.2, 0.25) is 5.91 Å². The molecule has 0 radical (unpaired) electrons. The molecule has 0 saturated carbocycles. The predicted octanol–water partition coefficient (Wildman–Crippen LogP) is 3.12. The van der Waals surface area contributed by atoms with Crippen LogP contribution in [0.4, 0.5) is 5.69 Å². The summed E-state index contributed by atoms with van der Waals surface area (Å²) < 4.78 is 0. The molecule has 3 N–H and O–H groups in total. The van der Waals surface area contributed by atoms with E-state index in [0.717, 1.165) is 30.2 Å². The van der Waals surface area contributed by atoms with Gasteiger partial charge in [-0.3, -0.25) is 9.79 Å². The van der Waals surface area contributed by atoms with Gasteiger partial charge in [0.15, 0.2) is 5.96 Å². The molecule has 0 heterocycles. The Kier molecular flexibility index (Phi) is 11.5. The lowest BCUT2D eigenvalue weighted by atomic mass is 10.2. The Morgan fingerprint density at radius 1 is 1.23 bits per heavy atom. The fourth-order valence-electron chi connectivity index (χ4n) is 1.95. The van der Waals surface area contributed by atoms with Gasteiger partial charge in [-0.05, 0) is 24.1 Å². The van der Waals surface area contributed by atoms with Crippen LogP contribution in [0.1, 0.15) is 38.7 Å². The van der Waals surface area contributed by atoms with E-state index < -0.39 is 0 Å². The number of hydrogen-bond donors (Lipinski definition) is 3. The minimum atomic E-state index is -0.0616. The molecule has 6 heteroatoms. The number of hydrogen-bond acceptors (Lipinski definition) is 2. The van der Waals surface area contributed by atoms with Gasteiger partial charge in [0.1, 0.15) is 0 Å². The van der Waals surface area contributed by atoms with Crippen LogP contribution in [0.2, 0.25) is 0 Å².